The van der Waals surface area contributed by atoms with Gasteiger partial charge in [0, 0.05) is 6.42 Å². The van der Waals surface area contributed by atoms with Crippen molar-refractivity contribution in [3.63, 3.8) is 0 Å². The van der Waals surface area contributed by atoms with Crippen LogP contribution in [0.4, 0.5) is 10.2 Å². The van der Waals surface area contributed by atoms with Crippen LogP contribution in [0.2, 0.25) is 0 Å². The van der Waals surface area contributed by atoms with E-state index in [4.69, 9.17) is 5.73 Å². The highest BCUT2D eigenvalue weighted by Gasteiger charge is 2.13. The van der Waals surface area contributed by atoms with Gasteiger partial charge >= 0.3 is 0 Å². The minimum absolute atomic E-state index is 0.133. The molecule has 3 N–H and O–H groups in total. The number of aromatic amines is 1. The average molecular weight is 233 g/mol. The Bertz CT molecular complexity index is 563. The number of carbonyl (C=O) groups excluding carboxylic acids is 1. The van der Waals surface area contributed by atoms with Crippen molar-refractivity contribution in [3.05, 3.63) is 46.9 Å². The highest BCUT2D eigenvalue weighted by atomic mass is 19.1. The molecule has 88 valence electrons. The highest BCUT2D eigenvalue weighted by Crippen LogP contribution is 2.15. The summed E-state index contributed by atoms with van der Waals surface area (Å²) in [6.07, 6.45) is 1.59. The van der Waals surface area contributed by atoms with Gasteiger partial charge < -0.3 is 5.73 Å². The van der Waals surface area contributed by atoms with E-state index >= 15 is 0 Å². The smallest absolute Gasteiger partial charge is 0.172 e. The number of ketones is 1. The van der Waals surface area contributed by atoms with Crippen LogP contribution < -0.4 is 5.73 Å². The van der Waals surface area contributed by atoms with Gasteiger partial charge in [0.1, 0.15) is 11.6 Å². The van der Waals surface area contributed by atoms with Crippen LogP contribution in [0.3, 0.4) is 0 Å². The molecule has 0 bridgehead atoms. The molecule has 0 aliphatic heterocycles. The first-order valence-electron chi connectivity index (χ1n) is 5.15. The monoisotopic (exact) mass is 233 g/mol. The largest absolute Gasteiger partial charge is 0.383 e. The lowest BCUT2D eigenvalue weighted by Crippen LogP contribution is -2.06. The predicted molar refractivity (Wildman–Crippen MR) is 62.2 cm³/mol. The quantitative estimate of drug-likeness (QED) is 0.795. The maximum absolute atomic E-state index is 12.9. The zero-order valence-corrected chi connectivity index (χ0v) is 9.33. The van der Waals surface area contributed by atoms with Crippen molar-refractivity contribution in [1.29, 1.82) is 0 Å². The number of aryl methyl sites for hydroxylation is 1. The van der Waals surface area contributed by atoms with E-state index in [1.54, 1.807) is 13.0 Å². The van der Waals surface area contributed by atoms with Crippen molar-refractivity contribution >= 4 is 11.6 Å². The summed E-state index contributed by atoms with van der Waals surface area (Å²) < 4.78 is 12.9. The fourth-order valence-electron chi connectivity index (χ4n) is 1.64. The van der Waals surface area contributed by atoms with Crippen LogP contribution in [0, 0.1) is 12.7 Å². The van der Waals surface area contributed by atoms with Crippen molar-refractivity contribution < 1.29 is 9.18 Å². The number of aromatic nitrogens is 2. The van der Waals surface area contributed by atoms with Crippen LogP contribution in [-0.4, -0.2) is 16.0 Å². The number of nitrogens with one attached hydrogen (secondary N) is 1. The Morgan fingerprint density at radius 2 is 2.29 bits per heavy atom. The Balaban J connectivity index is 2.22. The molecule has 2 rings (SSSR count). The molecule has 0 amide bonds. The fraction of sp³-hybridized carbons (Fsp3) is 0.167. The summed E-state index contributed by atoms with van der Waals surface area (Å²) in [4.78, 5) is 11.9. The number of nitrogens with two attached hydrogens (primary N) is 1. The number of H-pyrrole nitrogens is 1. The Hall–Kier alpha value is -2.17. The van der Waals surface area contributed by atoms with E-state index in [1.165, 1.54) is 18.3 Å². The van der Waals surface area contributed by atoms with Crippen molar-refractivity contribution in [1.82, 2.24) is 10.2 Å². The molecule has 0 saturated carbocycles. The first-order valence-corrected chi connectivity index (χ1v) is 5.15. The molecule has 0 unspecified atom stereocenters. The summed E-state index contributed by atoms with van der Waals surface area (Å²) in [6.45, 7) is 1.77. The minimum Gasteiger partial charge on any atom is -0.383 e. The second-order valence-electron chi connectivity index (χ2n) is 3.87. The second kappa shape index (κ2) is 4.37. The van der Waals surface area contributed by atoms with E-state index in [1.807, 2.05) is 0 Å². The Labute approximate surface area is 97.6 Å². The van der Waals surface area contributed by atoms with E-state index in [9.17, 15) is 9.18 Å². The average Bonchev–Trinajstić information content (AvgIpc) is 2.68. The number of benzene rings is 1. The molecule has 4 nitrogen and oxygen atoms in total. The lowest BCUT2D eigenvalue weighted by atomic mass is 10.0. The van der Waals surface area contributed by atoms with Crippen LogP contribution in [0.25, 0.3) is 0 Å². The first kappa shape index (κ1) is 11.3. The lowest BCUT2D eigenvalue weighted by molar-refractivity contribution is 0.0993. The van der Waals surface area contributed by atoms with Crippen LogP contribution in [0.1, 0.15) is 21.5 Å². The maximum atomic E-state index is 12.9. The standard InChI is InChI=1S/C12H12FN3O/c1-7-4-9(13)3-2-8(7)5-11(17)10-6-15-16-12(10)14/h2-4,6H,5H2,1H3,(H3,14,15,16). The van der Waals surface area contributed by atoms with Gasteiger partial charge in [-0.25, -0.2) is 4.39 Å². The number of hydrogen-bond donors (Lipinski definition) is 2. The number of Topliss-reactive ketones (excluding diaryl/α,β-unsaturated/α-hetero) is 1. The molecular weight excluding hydrogens is 221 g/mol. The van der Waals surface area contributed by atoms with Crippen LogP contribution in [0.15, 0.2) is 24.4 Å². The number of rotatable bonds is 3. The molecular formula is C12H12FN3O. The third kappa shape index (κ3) is 2.33. The molecule has 2 aromatic rings. The molecule has 0 saturated heterocycles. The molecule has 1 heterocycles. The molecule has 0 atom stereocenters. The summed E-state index contributed by atoms with van der Waals surface area (Å²) in [7, 11) is 0. The van der Waals surface area contributed by atoms with E-state index in [0.29, 0.717) is 5.56 Å². The first-order chi connectivity index (χ1) is 8.08. The van der Waals surface area contributed by atoms with Gasteiger partial charge in [-0.3, -0.25) is 9.89 Å². The molecule has 0 aliphatic rings. The molecule has 0 aliphatic carbocycles. The zero-order chi connectivity index (χ0) is 12.4. The SMILES string of the molecule is Cc1cc(F)ccc1CC(=O)c1cn[nH]c1N. The summed E-state index contributed by atoms with van der Waals surface area (Å²) in [5.74, 6) is -0.178. The summed E-state index contributed by atoms with van der Waals surface area (Å²) in [5.41, 5.74) is 7.47. The van der Waals surface area contributed by atoms with Gasteiger partial charge in [-0.1, -0.05) is 6.07 Å². The second-order valence-corrected chi connectivity index (χ2v) is 3.87. The number of nitrogens with zero attached hydrogens (tertiary/aromatic N) is 1. The molecule has 0 radical (unpaired) electrons. The van der Waals surface area contributed by atoms with Crippen molar-refractivity contribution in [2.45, 2.75) is 13.3 Å². The zero-order valence-electron chi connectivity index (χ0n) is 9.33. The molecule has 5 heteroatoms. The third-order valence-electron chi connectivity index (χ3n) is 2.62. The van der Waals surface area contributed by atoms with Crippen molar-refractivity contribution in [2.24, 2.45) is 0 Å². The van der Waals surface area contributed by atoms with Crippen molar-refractivity contribution in [2.75, 3.05) is 5.73 Å². The number of anilines is 1. The fourth-order valence-corrected chi connectivity index (χ4v) is 1.64. The topological polar surface area (TPSA) is 71.8 Å². The molecule has 1 aromatic heterocycles. The van der Waals surface area contributed by atoms with Crippen LogP contribution in [-0.2, 0) is 6.42 Å². The van der Waals surface area contributed by atoms with Gasteiger partial charge in [0.25, 0.3) is 0 Å². The van der Waals surface area contributed by atoms with Gasteiger partial charge in [-0.2, -0.15) is 5.10 Å². The van der Waals surface area contributed by atoms with Gasteiger partial charge in [-0.05, 0) is 30.2 Å². The highest BCUT2D eigenvalue weighted by molar-refractivity contribution is 6.01. The third-order valence-corrected chi connectivity index (χ3v) is 2.62. The summed E-state index contributed by atoms with van der Waals surface area (Å²) in [5, 5.41) is 6.20. The van der Waals surface area contributed by atoms with E-state index < -0.39 is 0 Å². The predicted octanol–water partition coefficient (Wildman–Crippen LogP) is 1.86. The molecule has 1 aromatic carbocycles. The summed E-state index contributed by atoms with van der Waals surface area (Å²) in [6, 6.07) is 4.36. The lowest BCUT2D eigenvalue weighted by Gasteiger charge is -2.04. The van der Waals surface area contributed by atoms with Crippen LogP contribution in [0.5, 0.6) is 0 Å². The summed E-state index contributed by atoms with van der Waals surface area (Å²) >= 11 is 0. The molecule has 0 spiro atoms. The molecule has 17 heavy (non-hydrogen) atoms. The van der Waals surface area contributed by atoms with Gasteiger partial charge in [0.05, 0.1) is 11.8 Å². The van der Waals surface area contributed by atoms with Crippen LogP contribution >= 0.6 is 0 Å². The number of carbonyl (C=O) groups is 1. The van der Waals surface area contributed by atoms with Gasteiger partial charge in [0.2, 0.25) is 0 Å². The number of nitrogen functional groups attached to an aromatic ring is 1. The van der Waals surface area contributed by atoms with Gasteiger partial charge in [-0.15, -0.1) is 0 Å². The molecule has 0 fully saturated rings. The minimum atomic E-state index is -0.304. The number of hydrogen-bond acceptors (Lipinski definition) is 3. The maximum Gasteiger partial charge on any atom is 0.172 e. The van der Waals surface area contributed by atoms with E-state index in [0.717, 1.165) is 11.1 Å². The van der Waals surface area contributed by atoms with E-state index in [-0.39, 0.29) is 23.8 Å². The van der Waals surface area contributed by atoms with Crippen molar-refractivity contribution in [3.8, 4) is 0 Å². The Kier molecular flexibility index (Phi) is 2.91. The normalized spacial score (nSPS) is 10.5. The Morgan fingerprint density at radius 3 is 2.88 bits per heavy atom. The van der Waals surface area contributed by atoms with E-state index in [2.05, 4.69) is 10.2 Å². The van der Waals surface area contributed by atoms with Gasteiger partial charge in [0.15, 0.2) is 5.78 Å². The number of halogens is 1. The Morgan fingerprint density at radius 1 is 1.53 bits per heavy atom.